The number of benzene rings is 1. The highest BCUT2D eigenvalue weighted by Crippen LogP contribution is 2.26. The van der Waals surface area contributed by atoms with E-state index in [0.717, 1.165) is 28.9 Å². The molecule has 1 N–H and O–H groups in total. The van der Waals surface area contributed by atoms with Crippen molar-refractivity contribution in [3.63, 3.8) is 0 Å². The lowest BCUT2D eigenvalue weighted by Gasteiger charge is -2.25. The molecule has 1 aliphatic rings. The number of hydrogen-bond acceptors (Lipinski definition) is 6. The van der Waals surface area contributed by atoms with Crippen molar-refractivity contribution in [3.05, 3.63) is 53.9 Å². The van der Waals surface area contributed by atoms with Crippen molar-refractivity contribution in [1.29, 1.82) is 0 Å². The number of nitrogens with one attached hydrogen (secondary N) is 1. The minimum atomic E-state index is -0.364. The van der Waals surface area contributed by atoms with Crippen LogP contribution in [0.15, 0.2) is 41.3 Å². The van der Waals surface area contributed by atoms with Gasteiger partial charge >= 0.3 is 0 Å². The van der Waals surface area contributed by atoms with Crippen LogP contribution >= 0.6 is 0 Å². The van der Waals surface area contributed by atoms with Crippen molar-refractivity contribution in [3.8, 4) is 0 Å². The van der Waals surface area contributed by atoms with Gasteiger partial charge in [0.1, 0.15) is 23.5 Å². The number of hydrogen-bond donors (Lipinski definition) is 1. The molecule has 7 nitrogen and oxygen atoms in total. The summed E-state index contributed by atoms with van der Waals surface area (Å²) in [7, 11) is 1.70. The number of rotatable bonds is 6. The van der Waals surface area contributed by atoms with Gasteiger partial charge in [-0.3, -0.25) is 4.79 Å². The molecule has 0 radical (unpaired) electrons. The molecule has 1 amide bonds. The number of amides is 1. The Labute approximate surface area is 167 Å². The van der Waals surface area contributed by atoms with Crippen LogP contribution in [0.25, 0.3) is 11.0 Å². The second kappa shape index (κ2) is 8.16. The Bertz CT molecular complexity index is 1020. The summed E-state index contributed by atoms with van der Waals surface area (Å²) in [5.41, 5.74) is 2.07. The molecule has 0 bridgehead atoms. The van der Waals surface area contributed by atoms with E-state index in [1.54, 1.807) is 19.5 Å². The SMILES string of the molecule is CO[C@H]1C[C@@H](CNC(=O)Cc2coc3cc(F)ccc23)N(c2cc(C)ncn2)C1. The zero-order chi connectivity index (χ0) is 20.4. The molecule has 1 fully saturated rings. The van der Waals surface area contributed by atoms with Crippen molar-refractivity contribution in [1.82, 2.24) is 15.3 Å². The van der Waals surface area contributed by atoms with Gasteiger partial charge in [0.05, 0.1) is 24.8 Å². The van der Waals surface area contributed by atoms with Gasteiger partial charge in [-0.15, -0.1) is 0 Å². The van der Waals surface area contributed by atoms with Crippen molar-refractivity contribution < 1.29 is 18.3 Å². The fraction of sp³-hybridized carbons (Fsp3) is 0.381. The quantitative estimate of drug-likeness (QED) is 0.688. The van der Waals surface area contributed by atoms with E-state index in [9.17, 15) is 9.18 Å². The first-order chi connectivity index (χ1) is 14.0. The summed E-state index contributed by atoms with van der Waals surface area (Å²) in [6.45, 7) is 3.12. The summed E-state index contributed by atoms with van der Waals surface area (Å²) in [6.07, 6.45) is 4.11. The van der Waals surface area contributed by atoms with Crippen molar-refractivity contribution in [2.45, 2.75) is 31.9 Å². The summed E-state index contributed by atoms with van der Waals surface area (Å²) in [4.78, 5) is 23.2. The van der Waals surface area contributed by atoms with Gasteiger partial charge < -0.3 is 19.4 Å². The molecule has 1 aliphatic heterocycles. The predicted molar refractivity (Wildman–Crippen MR) is 106 cm³/mol. The average Bonchev–Trinajstić information content (AvgIpc) is 3.30. The highest BCUT2D eigenvalue weighted by Gasteiger charge is 2.33. The monoisotopic (exact) mass is 398 g/mol. The minimum absolute atomic E-state index is 0.0772. The fourth-order valence-electron chi connectivity index (χ4n) is 3.78. The molecular weight excluding hydrogens is 375 g/mol. The maximum Gasteiger partial charge on any atom is 0.224 e. The van der Waals surface area contributed by atoms with Gasteiger partial charge in [0.15, 0.2) is 0 Å². The lowest BCUT2D eigenvalue weighted by molar-refractivity contribution is -0.120. The topological polar surface area (TPSA) is 80.5 Å². The maximum atomic E-state index is 13.3. The van der Waals surface area contributed by atoms with Crippen LogP contribution in [0.4, 0.5) is 10.2 Å². The molecule has 29 heavy (non-hydrogen) atoms. The Morgan fingerprint density at radius 3 is 3.03 bits per heavy atom. The Morgan fingerprint density at radius 1 is 1.38 bits per heavy atom. The molecular formula is C21H23FN4O3. The second-order valence-electron chi connectivity index (χ2n) is 7.30. The van der Waals surface area contributed by atoms with Gasteiger partial charge in [0.2, 0.25) is 5.91 Å². The van der Waals surface area contributed by atoms with Crippen LogP contribution in [0.3, 0.4) is 0 Å². The molecule has 0 spiro atoms. The zero-order valence-corrected chi connectivity index (χ0v) is 16.4. The smallest absolute Gasteiger partial charge is 0.224 e. The third-order valence-electron chi connectivity index (χ3n) is 5.30. The van der Waals surface area contributed by atoms with Crippen LogP contribution in [0.5, 0.6) is 0 Å². The lowest BCUT2D eigenvalue weighted by atomic mass is 10.1. The third kappa shape index (κ3) is 4.22. The van der Waals surface area contributed by atoms with Gasteiger partial charge in [0, 0.05) is 49.0 Å². The Kier molecular flexibility index (Phi) is 5.44. The molecule has 0 aliphatic carbocycles. The van der Waals surface area contributed by atoms with Crippen molar-refractivity contribution in [2.24, 2.45) is 0 Å². The molecule has 152 valence electrons. The number of halogens is 1. The number of nitrogens with zero attached hydrogens (tertiary/aromatic N) is 3. The largest absolute Gasteiger partial charge is 0.464 e. The summed E-state index contributed by atoms with van der Waals surface area (Å²) in [6, 6.07) is 6.33. The third-order valence-corrected chi connectivity index (χ3v) is 5.30. The van der Waals surface area contributed by atoms with E-state index < -0.39 is 0 Å². The summed E-state index contributed by atoms with van der Waals surface area (Å²) in [5.74, 6) is 0.354. The number of aryl methyl sites for hydroxylation is 1. The van der Waals surface area contributed by atoms with Crippen LogP contribution in [-0.2, 0) is 16.0 Å². The number of anilines is 1. The van der Waals surface area contributed by atoms with Gasteiger partial charge in [-0.1, -0.05) is 0 Å². The van der Waals surface area contributed by atoms with Crippen molar-refractivity contribution in [2.75, 3.05) is 25.1 Å². The first kappa shape index (κ1) is 19.3. The van der Waals surface area contributed by atoms with Crippen LogP contribution in [0.1, 0.15) is 17.7 Å². The van der Waals surface area contributed by atoms with Gasteiger partial charge in [-0.25, -0.2) is 14.4 Å². The number of carbonyl (C=O) groups is 1. The average molecular weight is 398 g/mol. The molecule has 1 aromatic carbocycles. The molecule has 8 heteroatoms. The second-order valence-corrected chi connectivity index (χ2v) is 7.30. The molecule has 3 heterocycles. The molecule has 0 saturated carbocycles. The number of aromatic nitrogens is 2. The molecule has 2 aromatic heterocycles. The molecule has 1 saturated heterocycles. The first-order valence-electron chi connectivity index (χ1n) is 9.54. The summed E-state index contributed by atoms with van der Waals surface area (Å²) in [5, 5.41) is 3.75. The number of methoxy groups -OCH3 is 1. The van der Waals surface area contributed by atoms with Crippen LogP contribution in [-0.4, -0.2) is 48.2 Å². The zero-order valence-electron chi connectivity index (χ0n) is 16.4. The summed E-state index contributed by atoms with van der Waals surface area (Å²) >= 11 is 0. The van der Waals surface area contributed by atoms with Gasteiger partial charge in [-0.2, -0.15) is 0 Å². The predicted octanol–water partition coefficient (Wildman–Crippen LogP) is 2.62. The highest BCUT2D eigenvalue weighted by atomic mass is 19.1. The molecule has 0 unspecified atom stereocenters. The highest BCUT2D eigenvalue weighted by molar-refractivity contribution is 5.87. The maximum absolute atomic E-state index is 13.3. The Hall–Kier alpha value is -3.00. The molecule has 2 atom stereocenters. The van der Waals surface area contributed by atoms with E-state index in [4.69, 9.17) is 9.15 Å². The van der Waals surface area contributed by atoms with E-state index in [0.29, 0.717) is 18.7 Å². The molecule has 3 aromatic rings. The van der Waals surface area contributed by atoms with Crippen LogP contribution < -0.4 is 10.2 Å². The number of furan rings is 1. The normalized spacial score (nSPS) is 19.1. The van der Waals surface area contributed by atoms with E-state index in [2.05, 4.69) is 20.2 Å². The minimum Gasteiger partial charge on any atom is -0.464 e. The first-order valence-corrected chi connectivity index (χ1v) is 9.54. The van der Waals surface area contributed by atoms with E-state index in [-0.39, 0.29) is 30.3 Å². The van der Waals surface area contributed by atoms with Gasteiger partial charge in [0.25, 0.3) is 0 Å². The number of ether oxygens (including phenoxy) is 1. The van der Waals surface area contributed by atoms with E-state index in [1.807, 2.05) is 13.0 Å². The van der Waals surface area contributed by atoms with Crippen LogP contribution in [0.2, 0.25) is 0 Å². The van der Waals surface area contributed by atoms with Crippen LogP contribution in [0, 0.1) is 12.7 Å². The van der Waals surface area contributed by atoms with E-state index in [1.165, 1.54) is 18.4 Å². The number of carbonyl (C=O) groups excluding carboxylic acids is 1. The van der Waals surface area contributed by atoms with Gasteiger partial charge in [-0.05, 0) is 25.5 Å². The van der Waals surface area contributed by atoms with E-state index >= 15 is 0 Å². The lowest BCUT2D eigenvalue weighted by Crippen LogP contribution is -2.41. The standard InChI is InChI=1S/C21H23FN4O3/c1-13-5-20(25-12-24-13)26-10-17(28-2)8-16(26)9-23-21(27)6-14-11-29-19-7-15(22)3-4-18(14)19/h3-5,7,11-12,16-17H,6,8-10H2,1-2H3,(H,23,27)/t16-,17-/m0/s1. The Balaban J connectivity index is 1.41. The fourth-order valence-corrected chi connectivity index (χ4v) is 3.78. The number of fused-ring (bicyclic) bond motifs is 1. The molecule has 4 rings (SSSR count). The summed E-state index contributed by atoms with van der Waals surface area (Å²) < 4.78 is 24.2. The van der Waals surface area contributed by atoms with Crippen molar-refractivity contribution >= 4 is 22.7 Å². The Morgan fingerprint density at radius 2 is 2.24 bits per heavy atom.